The molecule has 0 saturated heterocycles. The number of amides is 1. The zero-order valence-corrected chi connectivity index (χ0v) is 17.1. The summed E-state index contributed by atoms with van der Waals surface area (Å²) < 4.78 is 0.862. The van der Waals surface area contributed by atoms with E-state index in [0.717, 1.165) is 41.1 Å². The van der Waals surface area contributed by atoms with Gasteiger partial charge in [-0.25, -0.2) is 0 Å². The van der Waals surface area contributed by atoms with Gasteiger partial charge in [0.2, 0.25) is 0 Å². The number of carbonyl (C=O) groups excluding carboxylic acids is 2. The first-order valence-electron chi connectivity index (χ1n) is 9.10. The Kier molecular flexibility index (Phi) is 6.07. The number of aryl methyl sites for hydroxylation is 1. The first kappa shape index (κ1) is 19.3. The Bertz CT molecular complexity index is 980. The van der Waals surface area contributed by atoms with Gasteiger partial charge in [0, 0.05) is 33.7 Å². The first-order valence-corrected chi connectivity index (χ1v) is 9.89. The number of nitrogens with zero attached hydrogens (tertiary/aromatic N) is 1. The third-order valence-corrected chi connectivity index (χ3v) is 5.52. The van der Waals surface area contributed by atoms with Crippen molar-refractivity contribution in [3.05, 3.63) is 75.8 Å². The van der Waals surface area contributed by atoms with E-state index in [9.17, 15) is 9.59 Å². The maximum Gasteiger partial charge on any atom is 0.258 e. The normalized spacial score (nSPS) is 10.8. The number of hydrogen-bond donors (Lipinski definition) is 0. The lowest BCUT2D eigenvalue weighted by Crippen LogP contribution is -2.26. The minimum Gasteiger partial charge on any atom is -0.311 e. The number of carbonyl (C=O) groups is 2. The summed E-state index contributed by atoms with van der Waals surface area (Å²) in [7, 11) is 1.76. The van der Waals surface area contributed by atoms with E-state index >= 15 is 0 Å². The predicted octanol–water partition coefficient (Wildman–Crippen LogP) is 6.03. The number of rotatable bonds is 6. The van der Waals surface area contributed by atoms with Gasteiger partial charge >= 0.3 is 0 Å². The monoisotopic (exact) mass is 423 g/mol. The van der Waals surface area contributed by atoms with Crippen LogP contribution in [0.15, 0.2) is 59.1 Å². The van der Waals surface area contributed by atoms with Crippen molar-refractivity contribution < 1.29 is 9.59 Å². The topological polar surface area (TPSA) is 37.4 Å². The number of unbranched alkanes of at least 4 members (excludes halogenated alkanes) is 1. The molecule has 0 bridgehead atoms. The van der Waals surface area contributed by atoms with Gasteiger partial charge in [-0.05, 0) is 54.1 Å². The summed E-state index contributed by atoms with van der Waals surface area (Å²) in [6.07, 6.45) is 4.17. The van der Waals surface area contributed by atoms with Crippen molar-refractivity contribution in [1.29, 1.82) is 0 Å². The summed E-state index contributed by atoms with van der Waals surface area (Å²) in [6.45, 7) is 2.18. The maximum atomic E-state index is 13.2. The molecule has 0 atom stereocenters. The lowest BCUT2D eigenvalue weighted by atomic mass is 9.99. The van der Waals surface area contributed by atoms with Crippen molar-refractivity contribution in [2.24, 2.45) is 0 Å². The highest BCUT2D eigenvalue weighted by atomic mass is 79.9. The Morgan fingerprint density at radius 3 is 2.48 bits per heavy atom. The molecule has 0 aliphatic rings. The van der Waals surface area contributed by atoms with E-state index in [2.05, 4.69) is 35.0 Å². The summed E-state index contributed by atoms with van der Waals surface area (Å²) in [5, 5.41) is 1.53. The van der Waals surface area contributed by atoms with Crippen LogP contribution in [0.5, 0.6) is 0 Å². The standard InChI is InChI=1S/C23H22BrNO2/c1-3-4-6-16-9-12-18(13-10-16)25(2)23(27)20-8-5-7-19-21(24)14-11-17(15-26)22(19)20/h5,7-15H,3-4,6H2,1-2H3. The molecule has 1 amide bonds. The third-order valence-electron chi connectivity index (χ3n) is 4.82. The zero-order chi connectivity index (χ0) is 19.4. The van der Waals surface area contributed by atoms with E-state index in [1.807, 2.05) is 30.3 Å². The Hall–Kier alpha value is -2.46. The van der Waals surface area contributed by atoms with Gasteiger partial charge in [0.15, 0.2) is 6.29 Å². The number of benzene rings is 3. The van der Waals surface area contributed by atoms with Crippen LogP contribution >= 0.6 is 15.9 Å². The van der Waals surface area contributed by atoms with Crippen LogP contribution in [0.1, 0.15) is 46.0 Å². The highest BCUT2D eigenvalue weighted by Crippen LogP contribution is 2.30. The molecule has 0 unspecified atom stereocenters. The fourth-order valence-corrected chi connectivity index (χ4v) is 3.70. The summed E-state index contributed by atoms with van der Waals surface area (Å²) in [6, 6.07) is 17.2. The quantitative estimate of drug-likeness (QED) is 0.453. The minimum absolute atomic E-state index is 0.136. The van der Waals surface area contributed by atoms with Crippen molar-refractivity contribution in [2.45, 2.75) is 26.2 Å². The fourth-order valence-electron chi connectivity index (χ4n) is 3.24. The van der Waals surface area contributed by atoms with Crippen molar-refractivity contribution in [3.8, 4) is 0 Å². The second-order valence-electron chi connectivity index (χ2n) is 6.62. The number of aldehydes is 1. The molecular weight excluding hydrogens is 402 g/mol. The third kappa shape index (κ3) is 3.96. The summed E-state index contributed by atoms with van der Waals surface area (Å²) in [5.41, 5.74) is 3.15. The second kappa shape index (κ2) is 8.49. The van der Waals surface area contributed by atoms with E-state index < -0.39 is 0 Å². The lowest BCUT2D eigenvalue weighted by molar-refractivity contribution is 0.0994. The molecule has 0 radical (unpaired) electrons. The van der Waals surface area contributed by atoms with Crippen LogP contribution in [-0.2, 0) is 6.42 Å². The summed E-state index contributed by atoms with van der Waals surface area (Å²) >= 11 is 3.51. The molecule has 0 fully saturated rings. The summed E-state index contributed by atoms with van der Waals surface area (Å²) in [4.78, 5) is 26.4. The molecule has 3 nitrogen and oxygen atoms in total. The van der Waals surface area contributed by atoms with Crippen molar-refractivity contribution in [2.75, 3.05) is 11.9 Å². The van der Waals surface area contributed by atoms with Gasteiger partial charge in [0.05, 0.1) is 0 Å². The Morgan fingerprint density at radius 1 is 1.07 bits per heavy atom. The molecule has 0 N–H and O–H groups in total. The molecule has 4 heteroatoms. The Morgan fingerprint density at radius 2 is 1.81 bits per heavy atom. The van der Waals surface area contributed by atoms with E-state index in [1.165, 1.54) is 5.56 Å². The van der Waals surface area contributed by atoms with Crippen molar-refractivity contribution >= 4 is 44.6 Å². The average molecular weight is 424 g/mol. The molecule has 0 heterocycles. The van der Waals surface area contributed by atoms with Crippen LogP contribution < -0.4 is 4.90 Å². The van der Waals surface area contributed by atoms with Gasteiger partial charge in [0.1, 0.15) is 0 Å². The molecule has 0 saturated carbocycles. The molecule has 0 aromatic heterocycles. The predicted molar refractivity (Wildman–Crippen MR) is 115 cm³/mol. The van der Waals surface area contributed by atoms with Crippen LogP contribution in [0.2, 0.25) is 0 Å². The van der Waals surface area contributed by atoms with Gasteiger partial charge in [0.25, 0.3) is 5.91 Å². The lowest BCUT2D eigenvalue weighted by Gasteiger charge is -2.19. The first-order chi connectivity index (χ1) is 13.1. The van der Waals surface area contributed by atoms with Crippen molar-refractivity contribution in [1.82, 2.24) is 0 Å². The van der Waals surface area contributed by atoms with E-state index in [0.29, 0.717) is 16.5 Å². The van der Waals surface area contributed by atoms with Gasteiger partial charge in [-0.15, -0.1) is 0 Å². The minimum atomic E-state index is -0.136. The zero-order valence-electron chi connectivity index (χ0n) is 15.5. The van der Waals surface area contributed by atoms with Crippen LogP contribution in [-0.4, -0.2) is 19.2 Å². The molecule has 3 aromatic rings. The van der Waals surface area contributed by atoms with Crippen LogP contribution in [0.3, 0.4) is 0 Å². The van der Waals surface area contributed by atoms with E-state index in [-0.39, 0.29) is 5.91 Å². The Labute approximate surface area is 168 Å². The summed E-state index contributed by atoms with van der Waals surface area (Å²) in [5.74, 6) is -0.136. The maximum absolute atomic E-state index is 13.2. The largest absolute Gasteiger partial charge is 0.311 e. The molecule has 3 rings (SSSR count). The van der Waals surface area contributed by atoms with Crippen LogP contribution in [0.25, 0.3) is 10.8 Å². The number of hydrogen-bond acceptors (Lipinski definition) is 2. The Balaban J connectivity index is 1.98. The SMILES string of the molecule is CCCCc1ccc(N(C)C(=O)c2cccc3c(Br)ccc(C=O)c23)cc1. The van der Waals surface area contributed by atoms with Gasteiger partial charge in [-0.3, -0.25) is 9.59 Å². The smallest absolute Gasteiger partial charge is 0.258 e. The molecule has 0 aliphatic heterocycles. The highest BCUT2D eigenvalue weighted by molar-refractivity contribution is 9.10. The second-order valence-corrected chi connectivity index (χ2v) is 7.47. The molecule has 0 aliphatic carbocycles. The highest BCUT2D eigenvalue weighted by Gasteiger charge is 2.19. The molecule has 138 valence electrons. The molecular formula is C23H22BrNO2. The molecule has 3 aromatic carbocycles. The molecule has 0 spiro atoms. The fraction of sp³-hybridized carbons (Fsp3) is 0.217. The van der Waals surface area contributed by atoms with Crippen molar-refractivity contribution in [3.63, 3.8) is 0 Å². The van der Waals surface area contributed by atoms with Crippen LogP contribution in [0.4, 0.5) is 5.69 Å². The average Bonchev–Trinajstić information content (AvgIpc) is 2.71. The van der Waals surface area contributed by atoms with E-state index in [4.69, 9.17) is 0 Å². The molecule has 27 heavy (non-hydrogen) atoms. The number of halogens is 1. The number of anilines is 1. The van der Waals surface area contributed by atoms with Gasteiger partial charge in [-0.1, -0.05) is 53.5 Å². The van der Waals surface area contributed by atoms with Gasteiger partial charge < -0.3 is 4.90 Å². The number of fused-ring (bicyclic) bond motifs is 1. The van der Waals surface area contributed by atoms with Crippen LogP contribution in [0, 0.1) is 0 Å². The van der Waals surface area contributed by atoms with Gasteiger partial charge in [-0.2, -0.15) is 0 Å². The van der Waals surface area contributed by atoms with E-state index in [1.54, 1.807) is 24.1 Å².